The van der Waals surface area contributed by atoms with Crippen molar-refractivity contribution in [1.82, 2.24) is 29.9 Å². The van der Waals surface area contributed by atoms with Crippen molar-refractivity contribution >= 4 is 143 Å². The molecule has 1 aliphatic heterocycles. The van der Waals surface area contributed by atoms with E-state index in [1.807, 2.05) is 37.3 Å². The minimum absolute atomic E-state index is 0. The first-order chi connectivity index (χ1) is 32.8. The summed E-state index contributed by atoms with van der Waals surface area (Å²) < 4.78 is 5.74. The fourth-order valence-electron chi connectivity index (χ4n) is 6.37. The van der Waals surface area contributed by atoms with Gasteiger partial charge in [0.15, 0.2) is 0 Å². The molecule has 71 heavy (non-hydrogen) atoms. The average molecular weight is 1220 g/mol. The van der Waals surface area contributed by atoms with Gasteiger partial charge in [-0.1, -0.05) is 87.3 Å². The van der Waals surface area contributed by atoms with Crippen LogP contribution in [0.5, 0.6) is 17.2 Å². The summed E-state index contributed by atoms with van der Waals surface area (Å²) in [4.78, 5) is 45.9. The number of fused-ring (bicyclic) bond motifs is 4. The molecule has 5 N–H and O–H groups in total. The molecule has 3 aromatic carbocycles. The molecule has 9 aromatic rings. The second-order valence-corrected chi connectivity index (χ2v) is 19.8. The SMILES string of the molecule is BrCCBr.C.Cc1sc2ncnc(Cl)c2c1C.Cc1sc2ncnc(N3CCOc4ccccc43)c2c1C.Cc1sc2ncnc(Nc3ccccc3O)c2c1C.Nc1ccccc1O.O=CO[O-].[H-].[K+].[K+]. The number of para-hydroxylation sites is 6. The Hall–Kier alpha value is -2.47. The first kappa shape index (κ1) is 64.6. The van der Waals surface area contributed by atoms with Crippen molar-refractivity contribution in [2.45, 2.75) is 49.0 Å². The first-order valence-electron chi connectivity index (χ1n) is 20.5. The van der Waals surface area contributed by atoms with Gasteiger partial charge in [0.25, 0.3) is 6.47 Å². The van der Waals surface area contributed by atoms with Gasteiger partial charge in [-0.05, 0) is 94.6 Å². The van der Waals surface area contributed by atoms with Crippen LogP contribution >= 0.6 is 77.5 Å². The van der Waals surface area contributed by atoms with Gasteiger partial charge in [0.2, 0.25) is 0 Å². The van der Waals surface area contributed by atoms with Crippen molar-refractivity contribution in [3.8, 4) is 17.2 Å². The molecule has 0 unspecified atom stereocenters. The number of hydrogen-bond donors (Lipinski definition) is 4. The normalized spacial score (nSPS) is 10.6. The summed E-state index contributed by atoms with van der Waals surface area (Å²) in [5.41, 5.74) is 11.1. The molecule has 0 amide bonds. The number of nitrogens with two attached hydrogens (primary N) is 1. The smallest absolute Gasteiger partial charge is 1.00 e. The summed E-state index contributed by atoms with van der Waals surface area (Å²) in [7, 11) is 0. The number of alkyl halides is 2. The van der Waals surface area contributed by atoms with Crippen molar-refractivity contribution in [3.05, 3.63) is 128 Å². The van der Waals surface area contributed by atoms with Crippen LogP contribution in [0.25, 0.3) is 30.6 Å². The molecular formula is C48H52Br2ClK2N9O6S3. The maximum atomic E-state index is 9.82. The summed E-state index contributed by atoms with van der Waals surface area (Å²) in [6.45, 7) is 13.8. The van der Waals surface area contributed by atoms with Crippen LogP contribution in [0.3, 0.4) is 0 Å². The van der Waals surface area contributed by atoms with Gasteiger partial charge < -0.3 is 42.5 Å². The fourth-order valence-corrected chi connectivity index (χ4v) is 9.69. The largest absolute Gasteiger partial charge is 1.00 e. The van der Waals surface area contributed by atoms with Crippen LogP contribution < -0.4 is 129 Å². The summed E-state index contributed by atoms with van der Waals surface area (Å²) in [5, 5.41) is 36.1. The number of carbonyl (C=O) groups excluding carboxylic acids is 1. The second-order valence-electron chi connectivity index (χ2n) is 14.2. The van der Waals surface area contributed by atoms with Crippen molar-refractivity contribution in [2.75, 3.05) is 39.8 Å². The van der Waals surface area contributed by atoms with E-state index >= 15 is 0 Å². The number of nitrogens with zero attached hydrogens (tertiary/aromatic N) is 7. The molecule has 0 radical (unpaired) electrons. The quantitative estimate of drug-likeness (QED) is 0.0211. The van der Waals surface area contributed by atoms with Gasteiger partial charge in [-0.25, -0.2) is 29.9 Å². The number of nitrogens with one attached hydrogen (secondary N) is 1. The standard InChI is InChI=1S/C16H15N3OS.C14H13N3OS.C8H7ClN2S.C6H7NO.C2H4Br2.CH2O3.CH4.2K.H/c1-10-11(2)21-16-14(10)15(17-9-18-16)19-7-8-20-13-6-4-3-5-12(13)19;1-8-9(2)19-14-12(8)13(15-7-16-14)17-10-5-3-4-6-11(10)18;1-4-5(2)12-8-6(4)7(9)10-3-11-8;7-5-3-1-2-4-6(5)8;3-1-2-4;2-1-4-3;;;;/h3-6,9H,7-8H2,1-2H3;3-7,18H,1-2H3,(H,15,16,17);3H,1-2H3;1-4,8H,7H2;1-2H2;1,3H;1H4;;;/q;;;;;;;2*+1;-1/p-1. The summed E-state index contributed by atoms with van der Waals surface area (Å²) in [5.74, 6) is 2.98. The van der Waals surface area contributed by atoms with Crippen molar-refractivity contribution in [2.24, 2.45) is 0 Å². The first-order valence-corrected chi connectivity index (χ1v) is 25.5. The van der Waals surface area contributed by atoms with Gasteiger partial charge in [0.1, 0.15) is 74.1 Å². The Labute approximate surface area is 533 Å². The number of thiophene rings is 3. The number of phenolic OH excluding ortho intramolecular Hbond substituents is 2. The van der Waals surface area contributed by atoms with E-state index in [1.165, 1.54) is 37.6 Å². The molecule has 0 spiro atoms. The number of anilines is 5. The van der Waals surface area contributed by atoms with Gasteiger partial charge in [-0.2, -0.15) is 0 Å². The van der Waals surface area contributed by atoms with Crippen LogP contribution in [0.2, 0.25) is 5.15 Å². The number of rotatable bonds is 5. The summed E-state index contributed by atoms with van der Waals surface area (Å²) in [6, 6.07) is 21.9. The molecule has 366 valence electrons. The molecule has 1 aliphatic rings. The summed E-state index contributed by atoms with van der Waals surface area (Å²) >= 11 is 17.4. The van der Waals surface area contributed by atoms with E-state index < -0.39 is 0 Å². The molecule has 23 heteroatoms. The number of aryl methyl sites for hydroxylation is 6. The number of ether oxygens (including phenoxy) is 1. The summed E-state index contributed by atoms with van der Waals surface area (Å²) in [6.07, 6.45) is 4.70. The Balaban J connectivity index is 0.000000467. The maximum Gasteiger partial charge on any atom is 1.00 e. The Kier molecular flexibility index (Phi) is 29.8. The van der Waals surface area contributed by atoms with Gasteiger partial charge in [-0.3, -0.25) is 4.79 Å². The molecule has 10 rings (SSSR count). The Morgan fingerprint density at radius 2 is 1.23 bits per heavy atom. The Bertz CT molecular complexity index is 3080. The predicted molar refractivity (Wildman–Crippen MR) is 291 cm³/mol. The van der Waals surface area contributed by atoms with E-state index in [2.05, 4.69) is 118 Å². The van der Waals surface area contributed by atoms with E-state index in [0.29, 0.717) is 23.1 Å². The Morgan fingerprint density at radius 1 is 0.746 bits per heavy atom. The van der Waals surface area contributed by atoms with Gasteiger partial charge in [0.05, 0.1) is 39.8 Å². The number of nitrogen functional groups attached to an aromatic ring is 1. The Morgan fingerprint density at radius 3 is 1.76 bits per heavy atom. The van der Waals surface area contributed by atoms with E-state index in [0.717, 1.165) is 70.9 Å². The molecule has 0 fully saturated rings. The van der Waals surface area contributed by atoms with Gasteiger partial charge in [-0.15, -0.1) is 34.0 Å². The number of aromatic nitrogens is 6. The van der Waals surface area contributed by atoms with E-state index in [1.54, 1.807) is 83.1 Å². The zero-order chi connectivity index (χ0) is 49.3. The maximum absolute atomic E-state index is 9.82. The molecule has 0 saturated carbocycles. The van der Waals surface area contributed by atoms with Crippen molar-refractivity contribution < 1.29 is 134 Å². The molecule has 0 atom stereocenters. The van der Waals surface area contributed by atoms with Crippen LogP contribution in [0.4, 0.5) is 28.7 Å². The van der Waals surface area contributed by atoms with Gasteiger partial charge in [0, 0.05) is 25.3 Å². The third-order valence-electron chi connectivity index (χ3n) is 10.0. The van der Waals surface area contributed by atoms with Crippen LogP contribution in [-0.2, 0) is 9.68 Å². The number of hydrogen-bond acceptors (Lipinski definition) is 18. The molecule has 0 bridgehead atoms. The van der Waals surface area contributed by atoms with Crippen LogP contribution in [0.1, 0.15) is 40.2 Å². The number of halogens is 3. The molecule has 7 heterocycles. The van der Waals surface area contributed by atoms with E-state index in [-0.39, 0.29) is 130 Å². The molecule has 0 aliphatic carbocycles. The molecule has 15 nitrogen and oxygen atoms in total. The number of benzene rings is 3. The second kappa shape index (κ2) is 32.8. The third-order valence-corrected chi connectivity index (χ3v) is 15.5. The number of aromatic hydroxyl groups is 2. The molecule has 6 aromatic heterocycles. The van der Waals surface area contributed by atoms with Crippen molar-refractivity contribution in [1.29, 1.82) is 0 Å². The zero-order valence-electron chi connectivity index (χ0n) is 40.7. The number of phenols is 2. The molecular weight excluding hydrogens is 1170 g/mol. The van der Waals surface area contributed by atoms with Gasteiger partial charge >= 0.3 is 103 Å². The monoisotopic (exact) mass is 1220 g/mol. The van der Waals surface area contributed by atoms with E-state index in [9.17, 15) is 5.11 Å². The van der Waals surface area contributed by atoms with Crippen molar-refractivity contribution in [3.63, 3.8) is 0 Å². The predicted octanol–water partition coefficient (Wildman–Crippen LogP) is 6.50. The average Bonchev–Trinajstić information content (AvgIpc) is 3.94. The molecule has 0 saturated heterocycles. The number of carbonyl (C=O) groups is 1. The van der Waals surface area contributed by atoms with Crippen LogP contribution in [0, 0.1) is 41.5 Å². The topological polar surface area (TPSA) is 218 Å². The fraction of sp³-hybridized carbons (Fsp3) is 0.229. The zero-order valence-corrected chi connectivity index (χ0v) is 52.3. The van der Waals surface area contributed by atoms with Crippen LogP contribution in [0.15, 0.2) is 91.8 Å². The minimum Gasteiger partial charge on any atom is -1.00 e. The van der Waals surface area contributed by atoms with Crippen LogP contribution in [-0.4, -0.2) is 70.4 Å². The third kappa shape index (κ3) is 17.6. The van der Waals surface area contributed by atoms with E-state index in [4.69, 9.17) is 37.2 Å². The minimum atomic E-state index is -0.181.